The summed E-state index contributed by atoms with van der Waals surface area (Å²) in [5.41, 5.74) is 6.86. The summed E-state index contributed by atoms with van der Waals surface area (Å²) in [6.45, 7) is 1.85. The first-order chi connectivity index (χ1) is 8.47. The molecule has 6 heteroatoms. The Morgan fingerprint density at radius 1 is 1.44 bits per heavy atom. The number of hydrogen-bond donors (Lipinski definition) is 2. The van der Waals surface area contributed by atoms with E-state index in [2.05, 4.69) is 15.9 Å². The Labute approximate surface area is 114 Å². The van der Waals surface area contributed by atoms with Gasteiger partial charge in [0.15, 0.2) is 11.5 Å². The van der Waals surface area contributed by atoms with Crippen LogP contribution in [0.15, 0.2) is 10.5 Å². The third-order valence-electron chi connectivity index (χ3n) is 2.77. The topological polar surface area (TPSA) is 81.8 Å². The third kappa shape index (κ3) is 2.59. The predicted molar refractivity (Wildman–Crippen MR) is 71.4 cm³/mol. The number of carboxylic acids is 1. The Morgan fingerprint density at radius 3 is 2.39 bits per heavy atom. The first-order valence-corrected chi connectivity index (χ1v) is 6.11. The molecular formula is C12H16BrNO4. The zero-order valence-electron chi connectivity index (χ0n) is 10.5. The van der Waals surface area contributed by atoms with Gasteiger partial charge >= 0.3 is 5.97 Å². The minimum absolute atomic E-state index is 0.00957. The first-order valence-electron chi connectivity index (χ1n) is 5.31. The second-order valence-electron chi connectivity index (χ2n) is 3.77. The molecule has 0 saturated heterocycles. The number of carboxylic acid groups (broad SMARTS) is 1. The Bertz CT molecular complexity index is 462. The molecule has 0 heterocycles. The number of ether oxygens (including phenoxy) is 2. The summed E-state index contributed by atoms with van der Waals surface area (Å²) in [5.74, 6) is -0.892. The van der Waals surface area contributed by atoms with E-state index in [1.165, 1.54) is 14.2 Å². The minimum Gasteiger partial charge on any atom is -0.493 e. The Hall–Kier alpha value is -1.27. The van der Waals surface area contributed by atoms with Gasteiger partial charge in [-0.25, -0.2) is 0 Å². The Morgan fingerprint density at radius 2 is 2.00 bits per heavy atom. The van der Waals surface area contributed by atoms with E-state index in [-0.39, 0.29) is 6.54 Å². The Balaban J connectivity index is 3.52. The van der Waals surface area contributed by atoms with Gasteiger partial charge in [-0.3, -0.25) is 4.79 Å². The van der Waals surface area contributed by atoms with E-state index in [0.29, 0.717) is 17.1 Å². The normalized spacial score (nSPS) is 12.1. The monoisotopic (exact) mass is 317 g/mol. The summed E-state index contributed by atoms with van der Waals surface area (Å²) in [6.07, 6.45) is 0. The summed E-state index contributed by atoms with van der Waals surface area (Å²) in [6, 6.07) is 1.71. The van der Waals surface area contributed by atoms with Gasteiger partial charge in [0.2, 0.25) is 0 Å². The summed E-state index contributed by atoms with van der Waals surface area (Å²) >= 11 is 3.38. The number of halogens is 1. The van der Waals surface area contributed by atoms with Crippen molar-refractivity contribution >= 4 is 21.9 Å². The van der Waals surface area contributed by atoms with Gasteiger partial charge in [-0.1, -0.05) is 15.9 Å². The fraction of sp³-hybridized carbons (Fsp3) is 0.417. The van der Waals surface area contributed by atoms with Gasteiger partial charge < -0.3 is 20.3 Å². The second kappa shape index (κ2) is 6.06. The van der Waals surface area contributed by atoms with Gasteiger partial charge in [-0.15, -0.1) is 0 Å². The average Bonchev–Trinajstić information content (AvgIpc) is 2.33. The van der Waals surface area contributed by atoms with Crippen molar-refractivity contribution in [2.75, 3.05) is 20.8 Å². The smallest absolute Gasteiger partial charge is 0.312 e. The number of hydrogen-bond acceptors (Lipinski definition) is 4. The van der Waals surface area contributed by atoms with Crippen LogP contribution in [-0.2, 0) is 4.79 Å². The van der Waals surface area contributed by atoms with Crippen molar-refractivity contribution < 1.29 is 19.4 Å². The molecule has 0 aliphatic carbocycles. The molecule has 0 spiro atoms. The summed E-state index contributed by atoms with van der Waals surface area (Å²) in [5, 5.41) is 9.18. The molecule has 0 aliphatic heterocycles. The molecule has 1 atom stereocenters. The van der Waals surface area contributed by atoms with E-state index in [4.69, 9.17) is 15.2 Å². The van der Waals surface area contributed by atoms with Crippen LogP contribution < -0.4 is 15.2 Å². The zero-order chi connectivity index (χ0) is 13.9. The lowest BCUT2D eigenvalue weighted by molar-refractivity contribution is -0.138. The summed E-state index contributed by atoms with van der Waals surface area (Å²) < 4.78 is 11.3. The third-order valence-corrected chi connectivity index (χ3v) is 3.59. The molecule has 5 nitrogen and oxygen atoms in total. The molecule has 3 N–H and O–H groups in total. The van der Waals surface area contributed by atoms with E-state index < -0.39 is 11.9 Å². The first kappa shape index (κ1) is 14.8. The molecule has 0 fully saturated rings. The van der Waals surface area contributed by atoms with Crippen molar-refractivity contribution in [3.63, 3.8) is 0 Å². The summed E-state index contributed by atoms with van der Waals surface area (Å²) in [7, 11) is 2.99. The van der Waals surface area contributed by atoms with Crippen LogP contribution in [0.25, 0.3) is 0 Å². The minimum atomic E-state index is -0.992. The molecule has 1 aromatic rings. The van der Waals surface area contributed by atoms with Crippen molar-refractivity contribution in [2.45, 2.75) is 12.8 Å². The van der Waals surface area contributed by atoms with Crippen LogP contribution in [0.2, 0.25) is 0 Å². The Kier molecular flexibility index (Phi) is 4.98. The standard InChI is InChI=1S/C12H16BrNO4/c1-6-9(13)4-7(8(5-14)12(15)16)11(18-3)10(6)17-2/h4,8H,5,14H2,1-3H3,(H,15,16). The highest BCUT2D eigenvalue weighted by atomic mass is 79.9. The van der Waals surface area contributed by atoms with E-state index in [1.54, 1.807) is 6.07 Å². The van der Waals surface area contributed by atoms with Gasteiger partial charge in [-0.2, -0.15) is 0 Å². The second-order valence-corrected chi connectivity index (χ2v) is 4.62. The van der Waals surface area contributed by atoms with Crippen molar-refractivity contribution in [1.82, 2.24) is 0 Å². The van der Waals surface area contributed by atoms with Gasteiger partial charge in [-0.05, 0) is 13.0 Å². The fourth-order valence-corrected chi connectivity index (χ4v) is 2.22. The highest BCUT2D eigenvalue weighted by molar-refractivity contribution is 9.10. The molecule has 1 unspecified atom stereocenters. The maximum Gasteiger partial charge on any atom is 0.312 e. The molecule has 0 radical (unpaired) electrons. The van der Waals surface area contributed by atoms with Crippen LogP contribution in [0.4, 0.5) is 0 Å². The lowest BCUT2D eigenvalue weighted by Gasteiger charge is -2.19. The van der Waals surface area contributed by atoms with E-state index in [0.717, 1.165) is 10.0 Å². The molecule has 1 aromatic carbocycles. The average molecular weight is 318 g/mol. The van der Waals surface area contributed by atoms with Crippen LogP contribution in [0.1, 0.15) is 17.0 Å². The molecule has 0 bridgehead atoms. The summed E-state index contributed by atoms with van der Waals surface area (Å²) in [4.78, 5) is 11.2. The van der Waals surface area contributed by atoms with Crippen LogP contribution in [0.3, 0.4) is 0 Å². The molecule has 1 rings (SSSR count). The molecule has 100 valence electrons. The lowest BCUT2D eigenvalue weighted by atomic mass is 9.96. The van der Waals surface area contributed by atoms with Crippen LogP contribution in [-0.4, -0.2) is 31.8 Å². The van der Waals surface area contributed by atoms with Gasteiger partial charge in [0, 0.05) is 22.1 Å². The van der Waals surface area contributed by atoms with Crippen molar-refractivity contribution in [1.29, 1.82) is 0 Å². The van der Waals surface area contributed by atoms with Crippen molar-refractivity contribution in [2.24, 2.45) is 5.73 Å². The SMILES string of the molecule is COc1c(C(CN)C(=O)O)cc(Br)c(C)c1OC. The van der Waals surface area contributed by atoms with E-state index in [9.17, 15) is 9.90 Å². The zero-order valence-corrected chi connectivity index (χ0v) is 12.1. The van der Waals surface area contributed by atoms with E-state index >= 15 is 0 Å². The maximum atomic E-state index is 11.2. The van der Waals surface area contributed by atoms with Crippen LogP contribution >= 0.6 is 15.9 Å². The largest absolute Gasteiger partial charge is 0.493 e. The van der Waals surface area contributed by atoms with Crippen LogP contribution in [0.5, 0.6) is 11.5 Å². The van der Waals surface area contributed by atoms with E-state index in [1.807, 2.05) is 6.92 Å². The molecule has 0 aliphatic rings. The predicted octanol–water partition coefficient (Wildman–Crippen LogP) is 1.90. The highest BCUT2D eigenvalue weighted by Gasteiger charge is 2.26. The molecule has 0 saturated carbocycles. The highest BCUT2D eigenvalue weighted by Crippen LogP contribution is 2.41. The van der Waals surface area contributed by atoms with Crippen molar-refractivity contribution in [3.8, 4) is 11.5 Å². The molecule has 18 heavy (non-hydrogen) atoms. The van der Waals surface area contributed by atoms with Gasteiger partial charge in [0.1, 0.15) is 0 Å². The number of rotatable bonds is 5. The molecular weight excluding hydrogens is 302 g/mol. The van der Waals surface area contributed by atoms with Gasteiger partial charge in [0.05, 0.1) is 20.1 Å². The quantitative estimate of drug-likeness (QED) is 0.866. The lowest BCUT2D eigenvalue weighted by Crippen LogP contribution is -2.22. The van der Waals surface area contributed by atoms with Gasteiger partial charge in [0.25, 0.3) is 0 Å². The molecule has 0 aromatic heterocycles. The number of carbonyl (C=O) groups is 1. The van der Waals surface area contributed by atoms with Crippen molar-refractivity contribution in [3.05, 3.63) is 21.7 Å². The maximum absolute atomic E-state index is 11.2. The fourth-order valence-electron chi connectivity index (χ4n) is 1.80. The van der Waals surface area contributed by atoms with Crippen LogP contribution in [0, 0.1) is 6.92 Å². The number of aliphatic carboxylic acids is 1. The number of nitrogens with two attached hydrogens (primary N) is 1. The molecule has 0 amide bonds. The number of benzene rings is 1. The number of methoxy groups -OCH3 is 2.